The molecule has 9 heteroatoms. The van der Waals surface area contributed by atoms with Crippen molar-refractivity contribution in [3.63, 3.8) is 0 Å². The summed E-state index contributed by atoms with van der Waals surface area (Å²) in [4.78, 5) is 24.2. The van der Waals surface area contributed by atoms with E-state index in [1.807, 2.05) is 26.0 Å². The molecule has 0 heterocycles. The van der Waals surface area contributed by atoms with Crippen molar-refractivity contribution < 1.29 is 23.8 Å². The minimum atomic E-state index is -0.489. The third kappa shape index (κ3) is 7.68. The molecule has 7 nitrogen and oxygen atoms in total. The first kappa shape index (κ1) is 23.2. The number of ether oxygens (including phenoxy) is 3. The van der Waals surface area contributed by atoms with Crippen LogP contribution in [-0.2, 0) is 9.53 Å². The molecule has 0 radical (unpaired) electrons. The molecular formula is C20H22Br2N2O5. The third-order valence-corrected chi connectivity index (χ3v) is 4.70. The summed E-state index contributed by atoms with van der Waals surface area (Å²) in [6.07, 6.45) is 0. The van der Waals surface area contributed by atoms with Crippen LogP contribution >= 0.6 is 31.9 Å². The molecular weight excluding hydrogens is 508 g/mol. The van der Waals surface area contributed by atoms with Crippen LogP contribution in [-0.4, -0.2) is 38.2 Å². The molecule has 2 amide bonds. The summed E-state index contributed by atoms with van der Waals surface area (Å²) in [5.74, 6) is 0.153. The van der Waals surface area contributed by atoms with Crippen molar-refractivity contribution >= 4 is 43.7 Å². The number of aryl methyl sites for hydroxylation is 1. The first-order valence-corrected chi connectivity index (χ1v) is 10.5. The average Bonchev–Trinajstić information content (AvgIpc) is 2.69. The molecule has 0 aromatic heterocycles. The number of hydrogen-bond acceptors (Lipinski definition) is 5. The lowest BCUT2D eigenvalue weighted by Gasteiger charge is -2.12. The number of nitrogens with one attached hydrogen (secondary N) is 2. The molecule has 0 aliphatic rings. The maximum Gasteiger partial charge on any atom is 0.276 e. The van der Waals surface area contributed by atoms with E-state index in [4.69, 9.17) is 14.2 Å². The molecule has 0 spiro atoms. The maximum absolute atomic E-state index is 12.2. The lowest BCUT2D eigenvalue weighted by molar-refractivity contribution is -0.123. The molecule has 0 aliphatic heterocycles. The fourth-order valence-electron chi connectivity index (χ4n) is 2.33. The van der Waals surface area contributed by atoms with Crippen LogP contribution < -0.4 is 20.3 Å². The van der Waals surface area contributed by atoms with Gasteiger partial charge in [-0.05, 0) is 65.7 Å². The highest BCUT2D eigenvalue weighted by molar-refractivity contribution is 9.11. The zero-order valence-electron chi connectivity index (χ0n) is 16.1. The normalized spacial score (nSPS) is 10.3. The van der Waals surface area contributed by atoms with Gasteiger partial charge in [-0.15, -0.1) is 0 Å². The SMILES string of the molecule is CCOCCOc1cccc(C(=O)NNC(=O)COc2c(C)cc(Br)cc2Br)c1. The number of amides is 2. The van der Waals surface area contributed by atoms with Crippen LogP contribution in [0.25, 0.3) is 0 Å². The monoisotopic (exact) mass is 528 g/mol. The Hall–Kier alpha value is -2.10. The van der Waals surface area contributed by atoms with E-state index in [2.05, 4.69) is 42.7 Å². The van der Waals surface area contributed by atoms with Gasteiger partial charge in [-0.1, -0.05) is 22.0 Å². The van der Waals surface area contributed by atoms with E-state index in [-0.39, 0.29) is 6.61 Å². The molecule has 2 aromatic rings. The molecule has 0 bridgehead atoms. The Morgan fingerprint density at radius 1 is 1.03 bits per heavy atom. The summed E-state index contributed by atoms with van der Waals surface area (Å²) in [6.45, 7) is 5.00. The molecule has 29 heavy (non-hydrogen) atoms. The van der Waals surface area contributed by atoms with Crippen molar-refractivity contribution in [2.24, 2.45) is 0 Å². The number of halogens is 2. The van der Waals surface area contributed by atoms with Gasteiger partial charge in [0.25, 0.3) is 11.8 Å². The van der Waals surface area contributed by atoms with Crippen molar-refractivity contribution in [2.75, 3.05) is 26.4 Å². The van der Waals surface area contributed by atoms with Crippen LogP contribution in [0.1, 0.15) is 22.8 Å². The highest BCUT2D eigenvalue weighted by atomic mass is 79.9. The number of hydrazine groups is 1. The van der Waals surface area contributed by atoms with E-state index in [0.29, 0.717) is 36.9 Å². The molecule has 156 valence electrons. The van der Waals surface area contributed by atoms with E-state index in [9.17, 15) is 9.59 Å². The quantitative estimate of drug-likeness (QED) is 0.381. The zero-order chi connectivity index (χ0) is 21.2. The van der Waals surface area contributed by atoms with Gasteiger partial charge in [0, 0.05) is 16.6 Å². The number of hydrogen-bond donors (Lipinski definition) is 2. The molecule has 0 atom stereocenters. The van der Waals surface area contributed by atoms with Gasteiger partial charge in [-0.25, -0.2) is 0 Å². The van der Waals surface area contributed by atoms with E-state index in [1.54, 1.807) is 24.3 Å². The minimum absolute atomic E-state index is 0.248. The molecule has 2 rings (SSSR count). The Labute approximate surface area is 186 Å². The van der Waals surface area contributed by atoms with Crippen LogP contribution in [0, 0.1) is 6.92 Å². The van der Waals surface area contributed by atoms with Crippen LogP contribution in [0.4, 0.5) is 0 Å². The van der Waals surface area contributed by atoms with Gasteiger partial charge in [0.1, 0.15) is 18.1 Å². The number of benzene rings is 2. The second-order valence-electron chi connectivity index (χ2n) is 5.90. The molecule has 2 N–H and O–H groups in total. The summed E-state index contributed by atoms with van der Waals surface area (Å²) in [5.41, 5.74) is 5.91. The van der Waals surface area contributed by atoms with Crippen LogP contribution in [0.15, 0.2) is 45.3 Å². The summed E-state index contributed by atoms with van der Waals surface area (Å²) < 4.78 is 17.9. The summed E-state index contributed by atoms with van der Waals surface area (Å²) >= 11 is 6.79. The molecule has 0 aliphatic carbocycles. The molecule has 0 unspecified atom stereocenters. The Kier molecular flexibility index (Phi) is 9.43. The van der Waals surface area contributed by atoms with E-state index >= 15 is 0 Å². The first-order chi connectivity index (χ1) is 13.9. The van der Waals surface area contributed by atoms with Gasteiger partial charge in [0.05, 0.1) is 11.1 Å². The van der Waals surface area contributed by atoms with Crippen molar-refractivity contribution in [1.82, 2.24) is 10.9 Å². The van der Waals surface area contributed by atoms with Gasteiger partial charge in [0.2, 0.25) is 0 Å². The van der Waals surface area contributed by atoms with E-state index in [1.165, 1.54) is 0 Å². The molecule has 2 aromatic carbocycles. The predicted molar refractivity (Wildman–Crippen MR) is 116 cm³/mol. The van der Waals surface area contributed by atoms with E-state index in [0.717, 1.165) is 14.5 Å². The minimum Gasteiger partial charge on any atom is -0.491 e. The summed E-state index contributed by atoms with van der Waals surface area (Å²) in [6, 6.07) is 10.4. The highest BCUT2D eigenvalue weighted by Gasteiger charge is 2.12. The zero-order valence-corrected chi connectivity index (χ0v) is 19.3. The number of carbonyl (C=O) groups is 2. The van der Waals surface area contributed by atoms with Gasteiger partial charge in [-0.3, -0.25) is 20.4 Å². The van der Waals surface area contributed by atoms with Gasteiger partial charge >= 0.3 is 0 Å². The predicted octanol–water partition coefficient (Wildman–Crippen LogP) is 3.78. The van der Waals surface area contributed by atoms with Crippen molar-refractivity contribution in [1.29, 1.82) is 0 Å². The average molecular weight is 530 g/mol. The Morgan fingerprint density at radius 2 is 1.83 bits per heavy atom. The summed E-state index contributed by atoms with van der Waals surface area (Å²) in [5, 5.41) is 0. The van der Waals surface area contributed by atoms with Crippen LogP contribution in [0.5, 0.6) is 11.5 Å². The fraction of sp³-hybridized carbons (Fsp3) is 0.300. The first-order valence-electron chi connectivity index (χ1n) is 8.89. The molecule has 0 saturated heterocycles. The van der Waals surface area contributed by atoms with Crippen LogP contribution in [0.3, 0.4) is 0 Å². The van der Waals surface area contributed by atoms with Gasteiger partial charge < -0.3 is 14.2 Å². The Morgan fingerprint density at radius 3 is 2.55 bits per heavy atom. The maximum atomic E-state index is 12.2. The largest absolute Gasteiger partial charge is 0.491 e. The summed E-state index contributed by atoms with van der Waals surface area (Å²) in [7, 11) is 0. The fourth-order valence-corrected chi connectivity index (χ4v) is 3.89. The number of rotatable bonds is 9. The lowest BCUT2D eigenvalue weighted by atomic mass is 10.2. The lowest BCUT2D eigenvalue weighted by Crippen LogP contribution is -2.43. The van der Waals surface area contributed by atoms with Gasteiger partial charge in [-0.2, -0.15) is 0 Å². The van der Waals surface area contributed by atoms with Gasteiger partial charge in [0.15, 0.2) is 6.61 Å². The molecule has 0 saturated carbocycles. The smallest absolute Gasteiger partial charge is 0.276 e. The second-order valence-corrected chi connectivity index (χ2v) is 7.67. The number of carbonyl (C=O) groups excluding carboxylic acids is 2. The second kappa shape index (κ2) is 11.8. The third-order valence-electron chi connectivity index (χ3n) is 3.65. The van der Waals surface area contributed by atoms with Crippen molar-refractivity contribution in [2.45, 2.75) is 13.8 Å². The molecule has 0 fully saturated rings. The van der Waals surface area contributed by atoms with Crippen LogP contribution in [0.2, 0.25) is 0 Å². The topological polar surface area (TPSA) is 85.9 Å². The standard InChI is InChI=1S/C20H22Br2N2O5/c1-3-27-7-8-28-16-6-4-5-14(10-16)20(26)24-23-18(25)12-29-19-13(2)9-15(21)11-17(19)22/h4-6,9-11H,3,7-8,12H2,1-2H3,(H,23,25)(H,24,26). The van der Waals surface area contributed by atoms with Crippen molar-refractivity contribution in [3.05, 3.63) is 56.5 Å². The Bertz CT molecular complexity index is 838. The highest BCUT2D eigenvalue weighted by Crippen LogP contribution is 2.32. The van der Waals surface area contributed by atoms with Crippen molar-refractivity contribution in [3.8, 4) is 11.5 Å². The Balaban J connectivity index is 1.82. The van der Waals surface area contributed by atoms with E-state index < -0.39 is 11.8 Å².